The molecule has 0 aliphatic heterocycles. The maximum atomic E-state index is 12.8. The predicted molar refractivity (Wildman–Crippen MR) is 110 cm³/mol. The smallest absolute Gasteiger partial charge is 0.422 e. The number of sulfonamides is 1. The van der Waals surface area contributed by atoms with Crippen molar-refractivity contribution < 1.29 is 31.1 Å². The first-order valence-electron chi connectivity index (χ1n) is 9.47. The third-order valence-electron chi connectivity index (χ3n) is 4.61. The largest absolute Gasteiger partial charge is 0.468 e. The van der Waals surface area contributed by atoms with Gasteiger partial charge >= 0.3 is 6.18 Å². The van der Waals surface area contributed by atoms with Gasteiger partial charge in [-0.15, -0.1) is 0 Å². The Morgan fingerprint density at radius 1 is 1.16 bits per heavy atom. The van der Waals surface area contributed by atoms with E-state index in [1.165, 1.54) is 16.4 Å². The molecule has 31 heavy (non-hydrogen) atoms. The molecule has 0 radical (unpaired) electrons. The number of aryl methyl sites for hydroxylation is 1. The van der Waals surface area contributed by atoms with Crippen molar-refractivity contribution in [1.82, 2.24) is 9.29 Å². The quantitative estimate of drug-likeness (QED) is 0.646. The number of hydrogen-bond acceptors (Lipinski definition) is 5. The van der Waals surface area contributed by atoms with Crippen LogP contribution < -0.4 is 10.1 Å². The van der Waals surface area contributed by atoms with Crippen molar-refractivity contribution in [3.8, 4) is 5.88 Å². The molecular weight excluding hydrogens is 435 g/mol. The number of hydrogen-bond donors (Lipinski definition) is 1. The van der Waals surface area contributed by atoms with Crippen LogP contribution in [0.3, 0.4) is 0 Å². The standard InChI is InChI=1S/C20H24F3N3O4S/c1-5-26(6-2)31(28,29)16-9-13(3)14(4)17(10-16)25-19(27)15-7-8-18(24-11-15)30-12-20(21,22)23/h7-11H,5-6,12H2,1-4H3,(H,25,27). The molecule has 0 fully saturated rings. The Morgan fingerprint density at radius 3 is 2.32 bits per heavy atom. The minimum absolute atomic E-state index is 0.0589. The molecule has 0 aliphatic rings. The average Bonchev–Trinajstić information content (AvgIpc) is 2.70. The van der Waals surface area contributed by atoms with Crippen molar-refractivity contribution in [3.63, 3.8) is 0 Å². The predicted octanol–water partition coefficient (Wildman–Crippen LogP) is 3.92. The molecule has 170 valence electrons. The molecule has 1 aromatic heterocycles. The first-order chi connectivity index (χ1) is 14.4. The van der Waals surface area contributed by atoms with E-state index in [1.54, 1.807) is 33.8 Å². The van der Waals surface area contributed by atoms with Crippen LogP contribution in [0.5, 0.6) is 5.88 Å². The van der Waals surface area contributed by atoms with Gasteiger partial charge in [0.05, 0.1) is 10.5 Å². The Balaban J connectivity index is 2.26. The van der Waals surface area contributed by atoms with E-state index in [1.807, 2.05) is 0 Å². The highest BCUT2D eigenvalue weighted by Gasteiger charge is 2.28. The maximum absolute atomic E-state index is 12.8. The molecule has 7 nitrogen and oxygen atoms in total. The number of carbonyl (C=O) groups excluding carboxylic acids is 1. The molecule has 1 N–H and O–H groups in total. The normalized spacial score (nSPS) is 12.1. The first kappa shape index (κ1) is 24.6. The molecule has 11 heteroatoms. The number of rotatable bonds is 8. The van der Waals surface area contributed by atoms with E-state index in [4.69, 9.17) is 0 Å². The molecule has 2 aromatic rings. The highest BCUT2D eigenvalue weighted by atomic mass is 32.2. The van der Waals surface area contributed by atoms with E-state index in [2.05, 4.69) is 15.0 Å². The Hall–Kier alpha value is -2.66. The number of carbonyl (C=O) groups is 1. The zero-order valence-electron chi connectivity index (χ0n) is 17.6. The summed E-state index contributed by atoms with van der Waals surface area (Å²) in [5.41, 5.74) is 1.75. The number of nitrogens with one attached hydrogen (secondary N) is 1. The molecule has 0 atom stereocenters. The van der Waals surface area contributed by atoms with Gasteiger partial charge < -0.3 is 10.1 Å². The summed E-state index contributed by atoms with van der Waals surface area (Å²) in [5, 5.41) is 2.65. The molecule has 0 bridgehead atoms. The number of benzene rings is 1. The van der Waals surface area contributed by atoms with Crippen molar-refractivity contribution >= 4 is 21.6 Å². The van der Waals surface area contributed by atoms with E-state index >= 15 is 0 Å². The van der Waals surface area contributed by atoms with Crippen LogP contribution in [0.4, 0.5) is 18.9 Å². The van der Waals surface area contributed by atoms with Crippen LogP contribution in [0.1, 0.15) is 35.3 Å². The summed E-state index contributed by atoms with van der Waals surface area (Å²) in [4.78, 5) is 16.3. The van der Waals surface area contributed by atoms with Gasteiger partial charge in [-0.2, -0.15) is 17.5 Å². The lowest BCUT2D eigenvalue weighted by Gasteiger charge is -2.20. The molecule has 0 saturated carbocycles. The zero-order chi connectivity index (χ0) is 23.4. The fourth-order valence-electron chi connectivity index (χ4n) is 2.77. The molecule has 0 spiro atoms. The second-order valence-electron chi connectivity index (χ2n) is 6.75. The van der Waals surface area contributed by atoms with Crippen LogP contribution in [0.2, 0.25) is 0 Å². The number of ether oxygens (including phenoxy) is 1. The second kappa shape index (κ2) is 9.65. The number of nitrogens with zero attached hydrogens (tertiary/aromatic N) is 2. The van der Waals surface area contributed by atoms with Gasteiger partial charge in [0.2, 0.25) is 15.9 Å². The van der Waals surface area contributed by atoms with E-state index in [9.17, 15) is 26.4 Å². The lowest BCUT2D eigenvalue weighted by molar-refractivity contribution is -0.154. The summed E-state index contributed by atoms with van der Waals surface area (Å²) in [7, 11) is -3.73. The summed E-state index contributed by atoms with van der Waals surface area (Å²) in [6.07, 6.45) is -3.41. The van der Waals surface area contributed by atoms with Crippen LogP contribution in [-0.2, 0) is 10.0 Å². The maximum Gasteiger partial charge on any atom is 0.422 e. The Morgan fingerprint density at radius 2 is 1.81 bits per heavy atom. The number of alkyl halides is 3. The highest BCUT2D eigenvalue weighted by molar-refractivity contribution is 7.89. The topological polar surface area (TPSA) is 88.6 Å². The van der Waals surface area contributed by atoms with E-state index in [0.717, 1.165) is 12.3 Å². The van der Waals surface area contributed by atoms with Crippen LogP contribution in [0.25, 0.3) is 0 Å². The number of aromatic nitrogens is 1. The van der Waals surface area contributed by atoms with Gasteiger partial charge in [-0.3, -0.25) is 4.79 Å². The molecule has 0 saturated heterocycles. The Kier molecular flexibility index (Phi) is 7.66. The number of pyridine rings is 1. The lowest BCUT2D eigenvalue weighted by atomic mass is 10.1. The van der Waals surface area contributed by atoms with Crippen molar-refractivity contribution in [2.24, 2.45) is 0 Å². The zero-order valence-corrected chi connectivity index (χ0v) is 18.4. The molecular formula is C20H24F3N3O4S. The summed E-state index contributed by atoms with van der Waals surface area (Å²) in [5.74, 6) is -0.858. The molecule has 0 unspecified atom stereocenters. The van der Waals surface area contributed by atoms with Crippen molar-refractivity contribution in [2.75, 3.05) is 25.0 Å². The van der Waals surface area contributed by atoms with Crippen molar-refractivity contribution in [3.05, 3.63) is 47.2 Å². The average molecular weight is 459 g/mol. The van der Waals surface area contributed by atoms with Gasteiger partial charge in [0.1, 0.15) is 0 Å². The molecule has 2 rings (SSSR count). The number of halogens is 3. The number of anilines is 1. The van der Waals surface area contributed by atoms with Gasteiger partial charge in [0.15, 0.2) is 6.61 Å². The summed E-state index contributed by atoms with van der Waals surface area (Å²) < 4.78 is 68.1. The minimum Gasteiger partial charge on any atom is -0.468 e. The lowest BCUT2D eigenvalue weighted by Crippen LogP contribution is -2.30. The molecule has 1 aromatic carbocycles. The van der Waals surface area contributed by atoms with Gasteiger partial charge in [0, 0.05) is 31.0 Å². The van der Waals surface area contributed by atoms with Gasteiger partial charge in [0.25, 0.3) is 5.91 Å². The highest BCUT2D eigenvalue weighted by Crippen LogP contribution is 2.27. The van der Waals surface area contributed by atoms with Crippen LogP contribution >= 0.6 is 0 Å². The van der Waals surface area contributed by atoms with Gasteiger partial charge in [-0.1, -0.05) is 13.8 Å². The molecule has 0 aliphatic carbocycles. The fraction of sp³-hybridized carbons (Fsp3) is 0.400. The SMILES string of the molecule is CCN(CC)S(=O)(=O)c1cc(C)c(C)c(NC(=O)c2ccc(OCC(F)(F)F)nc2)c1. The van der Waals surface area contributed by atoms with E-state index in [-0.39, 0.29) is 16.3 Å². The first-order valence-corrected chi connectivity index (χ1v) is 10.9. The van der Waals surface area contributed by atoms with Crippen LogP contribution in [0, 0.1) is 13.8 Å². The van der Waals surface area contributed by atoms with Crippen molar-refractivity contribution in [1.29, 1.82) is 0 Å². The van der Waals surface area contributed by atoms with Gasteiger partial charge in [-0.05, 0) is 43.2 Å². The molecule has 1 amide bonds. The summed E-state index contributed by atoms with van der Waals surface area (Å²) in [6.45, 7) is 6.08. The van der Waals surface area contributed by atoms with Crippen LogP contribution in [0.15, 0.2) is 35.4 Å². The third kappa shape index (κ3) is 6.17. The molecule has 1 heterocycles. The van der Waals surface area contributed by atoms with E-state index in [0.29, 0.717) is 29.9 Å². The minimum atomic E-state index is -4.50. The number of amides is 1. The third-order valence-corrected chi connectivity index (χ3v) is 6.64. The Labute approximate surface area is 179 Å². The van der Waals surface area contributed by atoms with E-state index < -0.39 is 28.7 Å². The van der Waals surface area contributed by atoms with Crippen LogP contribution in [-0.4, -0.2) is 49.5 Å². The Bertz CT molecular complexity index is 1030. The van der Waals surface area contributed by atoms with Gasteiger partial charge in [-0.25, -0.2) is 13.4 Å². The summed E-state index contributed by atoms with van der Waals surface area (Å²) >= 11 is 0. The summed E-state index contributed by atoms with van der Waals surface area (Å²) in [6, 6.07) is 5.36. The monoisotopic (exact) mass is 459 g/mol. The fourth-order valence-corrected chi connectivity index (χ4v) is 4.34. The second-order valence-corrected chi connectivity index (χ2v) is 8.68. The van der Waals surface area contributed by atoms with Crippen molar-refractivity contribution in [2.45, 2.75) is 38.8 Å².